The lowest BCUT2D eigenvalue weighted by atomic mass is 10.2. The molecule has 0 aliphatic rings. The average molecular weight is 274 g/mol. The molecule has 0 N–H and O–H groups in total. The van der Waals surface area contributed by atoms with Gasteiger partial charge in [0.1, 0.15) is 0 Å². The van der Waals surface area contributed by atoms with Gasteiger partial charge in [-0.2, -0.15) is 0 Å². The van der Waals surface area contributed by atoms with Gasteiger partial charge in [0.15, 0.2) is 0 Å². The molecule has 4 heteroatoms. The summed E-state index contributed by atoms with van der Waals surface area (Å²) in [5.41, 5.74) is 0. The van der Waals surface area contributed by atoms with E-state index >= 15 is 0 Å². The highest BCUT2D eigenvalue weighted by Crippen LogP contribution is 2.19. The summed E-state index contributed by atoms with van der Waals surface area (Å²) >= 11 is 0. The predicted molar refractivity (Wildman–Crippen MR) is 78.7 cm³/mol. The zero-order chi connectivity index (χ0) is 13.7. The highest BCUT2D eigenvalue weighted by Gasteiger charge is 2.39. The Morgan fingerprint density at radius 2 is 1.28 bits per heavy atom. The summed E-state index contributed by atoms with van der Waals surface area (Å²) in [4.78, 5) is 0. The first kappa shape index (κ1) is 17.8. The van der Waals surface area contributed by atoms with Crippen LogP contribution in [-0.2, 0) is 13.3 Å². The number of rotatable bonds is 12. The van der Waals surface area contributed by atoms with E-state index < -0.39 is 8.80 Å². The van der Waals surface area contributed by atoms with Gasteiger partial charge in [-0.05, 0) is 40.0 Å². The monoisotopic (exact) mass is 274 g/mol. The van der Waals surface area contributed by atoms with Crippen molar-refractivity contribution in [1.29, 1.82) is 0 Å². The molecule has 3 nitrogen and oxygen atoms in total. The van der Waals surface area contributed by atoms with E-state index in [1.807, 2.05) is 20.8 Å². The van der Waals surface area contributed by atoms with Gasteiger partial charge in [-0.15, -0.1) is 0 Å². The highest BCUT2D eigenvalue weighted by molar-refractivity contribution is 6.60. The van der Waals surface area contributed by atoms with Gasteiger partial charge in [-0.3, -0.25) is 0 Å². The van der Waals surface area contributed by atoms with Crippen LogP contribution in [0.2, 0.25) is 6.04 Å². The maximum atomic E-state index is 5.81. The van der Waals surface area contributed by atoms with Crippen LogP contribution >= 0.6 is 0 Å². The van der Waals surface area contributed by atoms with Crippen molar-refractivity contribution in [3.63, 3.8) is 0 Å². The van der Waals surface area contributed by atoms with Crippen molar-refractivity contribution in [2.24, 2.45) is 0 Å². The molecule has 0 saturated heterocycles. The fraction of sp³-hybridized carbons (Fsp3) is 0.857. The van der Waals surface area contributed by atoms with Crippen molar-refractivity contribution in [2.45, 2.75) is 59.4 Å². The van der Waals surface area contributed by atoms with E-state index in [4.69, 9.17) is 13.3 Å². The predicted octanol–water partition coefficient (Wildman–Crippen LogP) is 4.17. The van der Waals surface area contributed by atoms with Crippen molar-refractivity contribution in [3.05, 3.63) is 12.2 Å². The third-order valence-electron chi connectivity index (χ3n) is 2.57. The largest absolute Gasteiger partial charge is 0.500 e. The molecule has 0 aliphatic carbocycles. The van der Waals surface area contributed by atoms with E-state index in [0.29, 0.717) is 19.8 Å². The summed E-state index contributed by atoms with van der Waals surface area (Å²) in [6.07, 6.45) is 9.06. The maximum absolute atomic E-state index is 5.81. The van der Waals surface area contributed by atoms with Gasteiger partial charge in [-0.1, -0.05) is 25.5 Å². The van der Waals surface area contributed by atoms with Gasteiger partial charge in [0.2, 0.25) is 0 Å². The molecule has 18 heavy (non-hydrogen) atoms. The summed E-state index contributed by atoms with van der Waals surface area (Å²) < 4.78 is 17.4. The molecular formula is C14H30O3Si. The first-order valence-electron chi connectivity index (χ1n) is 7.31. The van der Waals surface area contributed by atoms with E-state index in [1.165, 1.54) is 12.8 Å². The molecule has 0 aromatic carbocycles. The normalized spacial score (nSPS) is 12.4. The third kappa shape index (κ3) is 8.03. The minimum absolute atomic E-state index is 0.665. The molecule has 0 aliphatic heterocycles. The first-order valence-corrected chi connectivity index (χ1v) is 9.24. The minimum Gasteiger partial charge on any atom is -0.374 e. The smallest absolute Gasteiger partial charge is 0.374 e. The van der Waals surface area contributed by atoms with Crippen molar-refractivity contribution in [2.75, 3.05) is 19.8 Å². The molecule has 0 rings (SSSR count). The summed E-state index contributed by atoms with van der Waals surface area (Å²) in [6, 6.07) is 0.916. The van der Waals surface area contributed by atoms with Crippen LogP contribution < -0.4 is 0 Å². The minimum atomic E-state index is -2.40. The first-order chi connectivity index (χ1) is 8.74. The van der Waals surface area contributed by atoms with Crippen molar-refractivity contribution >= 4 is 8.80 Å². The Morgan fingerprint density at radius 1 is 0.778 bits per heavy atom. The van der Waals surface area contributed by atoms with E-state index in [0.717, 1.165) is 18.9 Å². The van der Waals surface area contributed by atoms with Crippen molar-refractivity contribution in [1.82, 2.24) is 0 Å². The summed E-state index contributed by atoms with van der Waals surface area (Å²) in [6.45, 7) is 10.2. The van der Waals surface area contributed by atoms with Crippen molar-refractivity contribution < 1.29 is 13.3 Å². The van der Waals surface area contributed by atoms with Gasteiger partial charge in [0.25, 0.3) is 0 Å². The quantitative estimate of drug-likeness (QED) is 0.304. The molecule has 0 heterocycles. The SMILES string of the molecule is CCCC=CCCC[Si](OCC)(OCC)OCC. The summed E-state index contributed by atoms with van der Waals surface area (Å²) in [5, 5.41) is 0. The Labute approximate surface area is 114 Å². The van der Waals surface area contributed by atoms with E-state index in [-0.39, 0.29) is 0 Å². The molecule has 0 spiro atoms. The molecule has 108 valence electrons. The van der Waals surface area contributed by atoms with Crippen LogP contribution in [0, 0.1) is 0 Å². The maximum Gasteiger partial charge on any atom is 0.500 e. The van der Waals surface area contributed by atoms with Crippen molar-refractivity contribution in [3.8, 4) is 0 Å². The number of hydrogen-bond acceptors (Lipinski definition) is 3. The fourth-order valence-electron chi connectivity index (χ4n) is 1.84. The molecule has 0 fully saturated rings. The second-order valence-electron chi connectivity index (χ2n) is 4.13. The van der Waals surface area contributed by atoms with Gasteiger partial charge in [-0.25, -0.2) is 0 Å². The zero-order valence-electron chi connectivity index (χ0n) is 12.5. The molecule has 0 aromatic heterocycles. The van der Waals surface area contributed by atoms with E-state index in [9.17, 15) is 0 Å². The standard InChI is InChI=1S/C14H30O3Si/c1-5-9-10-11-12-13-14-18(15-6-2,16-7-3)17-8-4/h10-11H,5-9,12-14H2,1-4H3. The Kier molecular flexibility index (Phi) is 11.8. The second kappa shape index (κ2) is 11.9. The lowest BCUT2D eigenvalue weighted by molar-refractivity contribution is 0.0709. The van der Waals surface area contributed by atoms with Crippen LogP contribution in [0.25, 0.3) is 0 Å². The van der Waals surface area contributed by atoms with Crippen LogP contribution in [0.4, 0.5) is 0 Å². The molecule has 0 bridgehead atoms. The van der Waals surface area contributed by atoms with Crippen LogP contribution in [0.3, 0.4) is 0 Å². The molecule has 0 aromatic rings. The summed E-state index contributed by atoms with van der Waals surface area (Å²) in [7, 11) is -2.40. The van der Waals surface area contributed by atoms with Gasteiger partial charge in [0, 0.05) is 25.9 Å². The van der Waals surface area contributed by atoms with E-state index in [1.54, 1.807) is 0 Å². The van der Waals surface area contributed by atoms with E-state index in [2.05, 4.69) is 19.1 Å². The van der Waals surface area contributed by atoms with Crippen LogP contribution in [-0.4, -0.2) is 28.6 Å². The molecule has 0 unspecified atom stereocenters. The zero-order valence-corrected chi connectivity index (χ0v) is 13.5. The average Bonchev–Trinajstić information content (AvgIpc) is 2.35. The van der Waals surface area contributed by atoms with Gasteiger partial charge < -0.3 is 13.3 Å². The third-order valence-corrected chi connectivity index (χ3v) is 5.72. The lowest BCUT2D eigenvalue weighted by Crippen LogP contribution is -2.45. The molecule has 0 atom stereocenters. The molecular weight excluding hydrogens is 244 g/mol. The summed E-state index contributed by atoms with van der Waals surface area (Å²) in [5.74, 6) is 0. The van der Waals surface area contributed by atoms with Crippen LogP contribution in [0.5, 0.6) is 0 Å². The Hall–Kier alpha value is -0.163. The Morgan fingerprint density at radius 3 is 1.72 bits per heavy atom. The fourth-order valence-corrected chi connectivity index (χ4v) is 4.48. The van der Waals surface area contributed by atoms with Gasteiger partial charge >= 0.3 is 8.80 Å². The molecule has 0 saturated carbocycles. The van der Waals surface area contributed by atoms with Crippen LogP contribution in [0.1, 0.15) is 53.4 Å². The number of unbranched alkanes of at least 4 members (excludes halogenated alkanes) is 2. The molecule has 0 radical (unpaired) electrons. The highest BCUT2D eigenvalue weighted by atomic mass is 28.4. The second-order valence-corrected chi connectivity index (χ2v) is 6.87. The number of allylic oxidation sites excluding steroid dienone is 2. The number of hydrogen-bond donors (Lipinski definition) is 0. The lowest BCUT2D eigenvalue weighted by Gasteiger charge is -2.28. The van der Waals surface area contributed by atoms with Gasteiger partial charge in [0.05, 0.1) is 0 Å². The molecule has 0 amide bonds. The Bertz CT molecular complexity index is 190. The van der Waals surface area contributed by atoms with Crippen LogP contribution in [0.15, 0.2) is 12.2 Å². The topological polar surface area (TPSA) is 27.7 Å². The Balaban J connectivity index is 4.12.